The van der Waals surface area contributed by atoms with Gasteiger partial charge in [-0.05, 0) is 51.4 Å². The third-order valence-corrected chi connectivity index (χ3v) is 3.69. The highest BCUT2D eigenvalue weighted by Gasteiger charge is 1.97. The zero-order valence-electron chi connectivity index (χ0n) is 16.3. The molecule has 0 heterocycles. The molecule has 0 spiro atoms. The summed E-state index contributed by atoms with van der Waals surface area (Å²) >= 11 is 0. The molecule has 0 aromatic rings. The number of ether oxygens (including phenoxy) is 2. The molecule has 4 nitrogen and oxygen atoms in total. The molecule has 0 radical (unpaired) electrons. The van der Waals surface area contributed by atoms with Crippen LogP contribution in [0.4, 0.5) is 0 Å². The predicted octanol–water partition coefficient (Wildman–Crippen LogP) is 5.46. The maximum atomic E-state index is 10.9. The summed E-state index contributed by atoms with van der Waals surface area (Å²) < 4.78 is 9.19. The van der Waals surface area contributed by atoms with Crippen molar-refractivity contribution in [1.29, 1.82) is 0 Å². The second-order valence-electron chi connectivity index (χ2n) is 5.88. The zero-order valence-corrected chi connectivity index (χ0v) is 16.3. The largest absolute Gasteiger partial charge is 0.469 e. The summed E-state index contributed by atoms with van der Waals surface area (Å²) in [4.78, 5) is 21.9. The van der Waals surface area contributed by atoms with Gasteiger partial charge >= 0.3 is 11.9 Å². The molecule has 0 fully saturated rings. The Morgan fingerprint density at radius 1 is 0.577 bits per heavy atom. The van der Waals surface area contributed by atoms with E-state index < -0.39 is 0 Å². The van der Waals surface area contributed by atoms with Gasteiger partial charge in [0.1, 0.15) is 0 Å². The molecule has 0 rings (SSSR count). The summed E-state index contributed by atoms with van der Waals surface area (Å²) in [5, 5.41) is 0. The van der Waals surface area contributed by atoms with E-state index >= 15 is 0 Å². The maximum Gasteiger partial charge on any atom is 0.305 e. The van der Waals surface area contributed by atoms with Crippen LogP contribution in [0.5, 0.6) is 0 Å². The lowest BCUT2D eigenvalue weighted by Gasteiger charge is -1.96. The number of methoxy groups -OCH3 is 2. The lowest BCUT2D eigenvalue weighted by molar-refractivity contribution is -0.141. The monoisotopic (exact) mass is 362 g/mol. The van der Waals surface area contributed by atoms with E-state index in [-0.39, 0.29) is 11.9 Å². The molecule has 0 aromatic carbocycles. The number of allylic oxidation sites excluding steroid dienone is 8. The number of hydrogen-bond acceptors (Lipinski definition) is 4. The summed E-state index contributed by atoms with van der Waals surface area (Å²) in [5.41, 5.74) is 0. The van der Waals surface area contributed by atoms with E-state index in [9.17, 15) is 9.59 Å². The summed E-state index contributed by atoms with van der Waals surface area (Å²) in [6.07, 6.45) is 25.7. The Bertz CT molecular complexity index is 473. The van der Waals surface area contributed by atoms with Crippen molar-refractivity contribution in [3.63, 3.8) is 0 Å². The van der Waals surface area contributed by atoms with Gasteiger partial charge < -0.3 is 9.47 Å². The van der Waals surface area contributed by atoms with Gasteiger partial charge in [-0.3, -0.25) is 9.59 Å². The lowest BCUT2D eigenvalue weighted by atomic mass is 10.2. The molecule has 0 aliphatic carbocycles. The van der Waals surface area contributed by atoms with Crippen molar-refractivity contribution in [2.24, 2.45) is 0 Å². The fourth-order valence-electron chi connectivity index (χ4n) is 2.15. The number of rotatable bonds is 15. The van der Waals surface area contributed by atoms with Crippen molar-refractivity contribution >= 4 is 11.9 Å². The van der Waals surface area contributed by atoms with Gasteiger partial charge in [-0.15, -0.1) is 0 Å². The molecule has 0 aliphatic rings. The number of hydrogen-bond donors (Lipinski definition) is 0. The highest BCUT2D eigenvalue weighted by molar-refractivity contribution is 5.69. The summed E-state index contributed by atoms with van der Waals surface area (Å²) in [6, 6.07) is 0. The number of carbonyl (C=O) groups excluding carboxylic acids is 2. The minimum atomic E-state index is -0.140. The van der Waals surface area contributed by atoms with Crippen LogP contribution in [-0.2, 0) is 19.1 Å². The Morgan fingerprint density at radius 2 is 0.962 bits per heavy atom. The average molecular weight is 363 g/mol. The molecule has 0 saturated carbocycles. The molecule has 0 aliphatic heterocycles. The van der Waals surface area contributed by atoms with Crippen LogP contribution in [0, 0.1) is 0 Å². The summed E-state index contributed by atoms with van der Waals surface area (Å²) in [6.45, 7) is 0. The minimum Gasteiger partial charge on any atom is -0.469 e. The van der Waals surface area contributed by atoms with Gasteiger partial charge in [0, 0.05) is 12.8 Å². The van der Waals surface area contributed by atoms with E-state index in [4.69, 9.17) is 0 Å². The number of unbranched alkanes of at least 4 members (excludes halogenated alkanes) is 3. The molecule has 0 N–H and O–H groups in total. The lowest BCUT2D eigenvalue weighted by Crippen LogP contribution is -1.98. The molecule has 0 saturated heterocycles. The minimum absolute atomic E-state index is 0.126. The van der Waals surface area contributed by atoms with Crippen LogP contribution in [0.25, 0.3) is 0 Å². The van der Waals surface area contributed by atoms with Gasteiger partial charge in [-0.1, -0.05) is 48.6 Å². The molecule has 0 amide bonds. The highest BCUT2D eigenvalue weighted by atomic mass is 16.5. The molecular weight excluding hydrogens is 328 g/mol. The van der Waals surface area contributed by atoms with Gasteiger partial charge in [0.2, 0.25) is 0 Å². The smallest absolute Gasteiger partial charge is 0.305 e. The first-order chi connectivity index (χ1) is 12.7. The van der Waals surface area contributed by atoms with Crippen LogP contribution in [0.15, 0.2) is 48.6 Å². The number of esters is 2. The first-order valence-electron chi connectivity index (χ1n) is 9.44. The first-order valence-corrected chi connectivity index (χ1v) is 9.44. The van der Waals surface area contributed by atoms with Gasteiger partial charge in [0.25, 0.3) is 0 Å². The third kappa shape index (κ3) is 18.2. The van der Waals surface area contributed by atoms with Crippen molar-refractivity contribution in [3.8, 4) is 0 Å². The van der Waals surface area contributed by atoms with Crippen LogP contribution in [-0.4, -0.2) is 26.2 Å². The first kappa shape index (κ1) is 23.9. The average Bonchev–Trinajstić information content (AvgIpc) is 2.66. The van der Waals surface area contributed by atoms with Crippen LogP contribution >= 0.6 is 0 Å². The topological polar surface area (TPSA) is 52.6 Å². The van der Waals surface area contributed by atoms with Crippen molar-refractivity contribution in [3.05, 3.63) is 48.6 Å². The summed E-state index contributed by atoms with van der Waals surface area (Å²) in [7, 11) is 2.85. The molecule has 146 valence electrons. The van der Waals surface area contributed by atoms with Crippen LogP contribution in [0.3, 0.4) is 0 Å². The second-order valence-corrected chi connectivity index (χ2v) is 5.88. The summed E-state index contributed by atoms with van der Waals surface area (Å²) in [5.74, 6) is -0.266. The van der Waals surface area contributed by atoms with Crippen molar-refractivity contribution in [2.75, 3.05) is 14.2 Å². The molecule has 0 bridgehead atoms. The zero-order chi connectivity index (χ0) is 19.3. The van der Waals surface area contributed by atoms with Gasteiger partial charge in [-0.25, -0.2) is 0 Å². The van der Waals surface area contributed by atoms with E-state index in [1.165, 1.54) is 14.2 Å². The molecule has 0 aromatic heterocycles. The Hall–Kier alpha value is -2.10. The quantitative estimate of drug-likeness (QED) is 0.220. The molecule has 0 atom stereocenters. The molecule has 26 heavy (non-hydrogen) atoms. The maximum absolute atomic E-state index is 10.9. The SMILES string of the molecule is COC(=O)CCC/C=C\C/C=C\C/C=C\C/C=C\CCCCC(=O)OC. The van der Waals surface area contributed by atoms with Crippen molar-refractivity contribution in [2.45, 2.75) is 64.2 Å². The molecule has 4 heteroatoms. The predicted molar refractivity (Wildman–Crippen MR) is 107 cm³/mol. The van der Waals surface area contributed by atoms with Crippen molar-refractivity contribution in [1.82, 2.24) is 0 Å². The van der Waals surface area contributed by atoms with E-state index in [2.05, 4.69) is 58.1 Å². The van der Waals surface area contributed by atoms with Crippen LogP contribution < -0.4 is 0 Å². The second kappa shape index (κ2) is 19.2. The van der Waals surface area contributed by atoms with Gasteiger partial charge in [0.05, 0.1) is 14.2 Å². The van der Waals surface area contributed by atoms with E-state index in [0.717, 1.165) is 51.4 Å². The normalized spacial score (nSPS) is 11.9. The highest BCUT2D eigenvalue weighted by Crippen LogP contribution is 2.03. The van der Waals surface area contributed by atoms with Crippen LogP contribution in [0.1, 0.15) is 64.2 Å². The van der Waals surface area contributed by atoms with E-state index in [0.29, 0.717) is 12.8 Å². The van der Waals surface area contributed by atoms with Gasteiger partial charge in [-0.2, -0.15) is 0 Å². The van der Waals surface area contributed by atoms with E-state index in [1.807, 2.05) is 0 Å². The van der Waals surface area contributed by atoms with E-state index in [1.54, 1.807) is 0 Å². The Balaban J connectivity index is 3.46. The Kier molecular flexibility index (Phi) is 17.7. The Morgan fingerprint density at radius 3 is 1.42 bits per heavy atom. The third-order valence-electron chi connectivity index (χ3n) is 3.69. The fourth-order valence-corrected chi connectivity index (χ4v) is 2.15. The van der Waals surface area contributed by atoms with Crippen LogP contribution in [0.2, 0.25) is 0 Å². The van der Waals surface area contributed by atoms with Gasteiger partial charge in [0.15, 0.2) is 0 Å². The Labute approximate surface area is 158 Å². The fraction of sp³-hybridized carbons (Fsp3) is 0.545. The standard InChI is InChI=1S/C22H34O4/c1-25-21(23)19-17-15-13-11-9-7-5-3-4-6-8-10-12-14-16-18-20-22(24)26-2/h3,5-6,8-9,11-12,14H,4,7,10,13,15-20H2,1-2H3/b5-3-,8-6-,11-9-,14-12-. The molecule has 0 unspecified atom stereocenters. The number of carbonyl (C=O) groups is 2. The van der Waals surface area contributed by atoms with Crippen molar-refractivity contribution < 1.29 is 19.1 Å². The molecular formula is C22H34O4.